The van der Waals surface area contributed by atoms with Crippen LogP contribution in [0.25, 0.3) is 0 Å². The molecule has 1 aromatic rings. The quantitative estimate of drug-likeness (QED) is 0.530. The van der Waals surface area contributed by atoms with Gasteiger partial charge in [-0.05, 0) is 44.0 Å². The highest BCUT2D eigenvalue weighted by Crippen LogP contribution is 2.29. The molecule has 1 amide bonds. The van der Waals surface area contributed by atoms with Crippen LogP contribution in [-0.2, 0) is 10.5 Å². The van der Waals surface area contributed by atoms with Crippen molar-refractivity contribution >= 4 is 35.8 Å². The van der Waals surface area contributed by atoms with Gasteiger partial charge in [0.15, 0.2) is 5.75 Å². The molecule has 0 spiro atoms. The summed E-state index contributed by atoms with van der Waals surface area (Å²) in [6, 6.07) is 4.91. The standard InChI is InChI=1S/C17H25N3O4S.ClH/c1-18-9-14-4-3-7-19(10-14)17(21)12-25-11-13-5-6-16(24-2)15(8-13)20(22)23;/h5-6,8,14,18H,3-4,7,9-12H2,1-2H3;1H. The Morgan fingerprint density at radius 3 is 2.92 bits per heavy atom. The van der Waals surface area contributed by atoms with Crippen LogP contribution >= 0.6 is 24.2 Å². The van der Waals surface area contributed by atoms with Gasteiger partial charge < -0.3 is 15.0 Å². The number of carbonyl (C=O) groups is 1. The Balaban J connectivity index is 0.00000338. The van der Waals surface area contributed by atoms with Gasteiger partial charge in [0.25, 0.3) is 0 Å². The lowest BCUT2D eigenvalue weighted by atomic mass is 9.98. The minimum Gasteiger partial charge on any atom is -0.490 e. The van der Waals surface area contributed by atoms with Crippen LogP contribution < -0.4 is 10.1 Å². The Kier molecular flexibility index (Phi) is 9.75. The molecular formula is C17H26ClN3O4S. The van der Waals surface area contributed by atoms with Crippen LogP contribution in [0.3, 0.4) is 0 Å². The SMILES string of the molecule is CNCC1CCCN(C(=O)CSCc2ccc(OC)c([N+](=O)[O-])c2)C1.Cl. The highest BCUT2D eigenvalue weighted by Gasteiger charge is 2.23. The molecule has 1 N–H and O–H groups in total. The molecule has 1 fully saturated rings. The molecule has 9 heteroatoms. The zero-order valence-electron chi connectivity index (χ0n) is 15.1. The van der Waals surface area contributed by atoms with E-state index in [0.29, 0.717) is 17.4 Å². The molecule has 7 nitrogen and oxygen atoms in total. The number of nitro benzene ring substituents is 1. The number of nitro groups is 1. The maximum atomic E-state index is 12.4. The summed E-state index contributed by atoms with van der Waals surface area (Å²) in [6.45, 7) is 2.58. The number of nitrogens with one attached hydrogen (secondary N) is 1. The highest BCUT2D eigenvalue weighted by molar-refractivity contribution is 7.99. The van der Waals surface area contributed by atoms with E-state index in [1.807, 2.05) is 11.9 Å². The van der Waals surface area contributed by atoms with Crippen LogP contribution in [0.15, 0.2) is 18.2 Å². The van der Waals surface area contributed by atoms with E-state index in [0.717, 1.165) is 38.0 Å². The smallest absolute Gasteiger partial charge is 0.311 e. The third-order valence-corrected chi connectivity index (χ3v) is 5.29. The summed E-state index contributed by atoms with van der Waals surface area (Å²) < 4.78 is 5.00. The molecule has 0 saturated carbocycles. The molecule has 0 radical (unpaired) electrons. The molecule has 26 heavy (non-hydrogen) atoms. The van der Waals surface area contributed by atoms with Gasteiger partial charge in [0, 0.05) is 24.9 Å². The molecule has 1 saturated heterocycles. The fraction of sp³-hybridized carbons (Fsp3) is 0.588. The zero-order chi connectivity index (χ0) is 18.2. The van der Waals surface area contributed by atoms with Gasteiger partial charge in [-0.25, -0.2) is 0 Å². The van der Waals surface area contributed by atoms with E-state index < -0.39 is 4.92 Å². The molecule has 1 unspecified atom stereocenters. The zero-order valence-corrected chi connectivity index (χ0v) is 16.7. The number of piperidine rings is 1. The van der Waals surface area contributed by atoms with Gasteiger partial charge in [-0.15, -0.1) is 24.2 Å². The number of amides is 1. The van der Waals surface area contributed by atoms with Gasteiger partial charge in [-0.1, -0.05) is 6.07 Å². The first-order valence-electron chi connectivity index (χ1n) is 8.36. The first-order chi connectivity index (χ1) is 12.0. The number of hydrogen-bond donors (Lipinski definition) is 1. The number of methoxy groups -OCH3 is 1. The van der Waals surface area contributed by atoms with E-state index in [-0.39, 0.29) is 29.8 Å². The second-order valence-electron chi connectivity index (χ2n) is 6.16. The Labute approximate surface area is 164 Å². The third-order valence-electron chi connectivity index (χ3n) is 4.30. The normalized spacial score (nSPS) is 16.7. The summed E-state index contributed by atoms with van der Waals surface area (Å²) in [5.74, 6) is 1.88. The topological polar surface area (TPSA) is 84.7 Å². The molecule has 1 atom stereocenters. The fourth-order valence-electron chi connectivity index (χ4n) is 3.06. The largest absolute Gasteiger partial charge is 0.490 e. The van der Waals surface area contributed by atoms with Crippen molar-refractivity contribution in [3.05, 3.63) is 33.9 Å². The van der Waals surface area contributed by atoms with E-state index >= 15 is 0 Å². The van der Waals surface area contributed by atoms with Crippen molar-refractivity contribution in [2.75, 3.05) is 39.5 Å². The molecule has 1 aliphatic heterocycles. The predicted molar refractivity (Wildman–Crippen MR) is 106 cm³/mol. The summed E-state index contributed by atoms with van der Waals surface area (Å²) in [4.78, 5) is 24.9. The summed E-state index contributed by atoms with van der Waals surface area (Å²) >= 11 is 1.49. The Hall–Kier alpha value is -1.51. The summed E-state index contributed by atoms with van der Waals surface area (Å²) in [6.07, 6.45) is 2.21. The first-order valence-corrected chi connectivity index (χ1v) is 9.52. The van der Waals surface area contributed by atoms with Crippen molar-refractivity contribution in [1.29, 1.82) is 0 Å². The fourth-order valence-corrected chi connectivity index (χ4v) is 3.94. The molecular weight excluding hydrogens is 378 g/mol. The lowest BCUT2D eigenvalue weighted by Crippen LogP contribution is -2.43. The average Bonchev–Trinajstić information content (AvgIpc) is 2.62. The van der Waals surface area contributed by atoms with Crippen molar-refractivity contribution in [3.63, 3.8) is 0 Å². The maximum Gasteiger partial charge on any atom is 0.311 e. The van der Waals surface area contributed by atoms with Crippen molar-refractivity contribution < 1.29 is 14.5 Å². The first kappa shape index (κ1) is 22.5. The summed E-state index contributed by atoms with van der Waals surface area (Å²) in [7, 11) is 3.35. The number of nitrogens with zero attached hydrogens (tertiary/aromatic N) is 2. The van der Waals surface area contributed by atoms with Crippen molar-refractivity contribution in [2.45, 2.75) is 18.6 Å². The number of hydrogen-bond acceptors (Lipinski definition) is 6. The lowest BCUT2D eigenvalue weighted by molar-refractivity contribution is -0.385. The third kappa shape index (κ3) is 6.34. The van der Waals surface area contributed by atoms with Crippen LogP contribution in [0, 0.1) is 16.0 Å². The van der Waals surface area contributed by atoms with Gasteiger partial charge in [0.2, 0.25) is 5.91 Å². The predicted octanol–water partition coefficient (Wildman–Crippen LogP) is 2.72. The summed E-state index contributed by atoms with van der Waals surface area (Å²) in [5, 5.41) is 14.2. The molecule has 1 aliphatic rings. The van der Waals surface area contributed by atoms with E-state index in [2.05, 4.69) is 5.32 Å². The minimum atomic E-state index is -0.451. The number of thioether (sulfide) groups is 1. The Morgan fingerprint density at radius 2 is 2.27 bits per heavy atom. The molecule has 0 aromatic heterocycles. The van der Waals surface area contributed by atoms with E-state index in [1.54, 1.807) is 12.1 Å². The number of carbonyl (C=O) groups excluding carboxylic acids is 1. The van der Waals surface area contributed by atoms with E-state index in [9.17, 15) is 14.9 Å². The van der Waals surface area contributed by atoms with Crippen LogP contribution in [0.1, 0.15) is 18.4 Å². The van der Waals surface area contributed by atoms with Gasteiger partial charge in [-0.2, -0.15) is 0 Å². The second-order valence-corrected chi connectivity index (χ2v) is 7.15. The van der Waals surface area contributed by atoms with Gasteiger partial charge >= 0.3 is 5.69 Å². The van der Waals surface area contributed by atoms with Crippen LogP contribution in [-0.4, -0.2) is 55.3 Å². The number of likely N-dealkylation sites (tertiary alicyclic amines) is 1. The molecule has 2 rings (SSSR count). The second kappa shape index (κ2) is 11.3. The monoisotopic (exact) mass is 403 g/mol. The molecule has 1 heterocycles. The number of benzene rings is 1. The van der Waals surface area contributed by atoms with Gasteiger partial charge in [-0.3, -0.25) is 14.9 Å². The average molecular weight is 404 g/mol. The van der Waals surface area contributed by atoms with Crippen molar-refractivity contribution in [3.8, 4) is 5.75 Å². The minimum absolute atomic E-state index is 0. The Morgan fingerprint density at radius 1 is 1.50 bits per heavy atom. The number of ether oxygens (including phenoxy) is 1. The van der Waals surface area contributed by atoms with E-state index in [1.165, 1.54) is 24.9 Å². The lowest BCUT2D eigenvalue weighted by Gasteiger charge is -2.32. The maximum absolute atomic E-state index is 12.4. The van der Waals surface area contributed by atoms with Crippen molar-refractivity contribution in [1.82, 2.24) is 10.2 Å². The Bertz CT molecular complexity index is 616. The molecule has 146 valence electrons. The van der Waals surface area contributed by atoms with Gasteiger partial charge in [0.05, 0.1) is 17.8 Å². The number of halogens is 1. The van der Waals surface area contributed by atoms with Crippen LogP contribution in [0.5, 0.6) is 5.75 Å². The molecule has 0 bridgehead atoms. The molecule has 0 aliphatic carbocycles. The van der Waals surface area contributed by atoms with Crippen LogP contribution in [0.2, 0.25) is 0 Å². The highest BCUT2D eigenvalue weighted by atomic mass is 35.5. The van der Waals surface area contributed by atoms with E-state index in [4.69, 9.17) is 4.74 Å². The van der Waals surface area contributed by atoms with Gasteiger partial charge in [0.1, 0.15) is 0 Å². The molecule has 1 aromatic carbocycles. The number of rotatable bonds is 8. The summed E-state index contributed by atoms with van der Waals surface area (Å²) in [5.41, 5.74) is 0.773. The van der Waals surface area contributed by atoms with Crippen molar-refractivity contribution in [2.24, 2.45) is 5.92 Å². The van der Waals surface area contributed by atoms with Crippen LogP contribution in [0.4, 0.5) is 5.69 Å².